The zero-order valence-corrected chi connectivity index (χ0v) is 12.3. The molecule has 0 radical (unpaired) electrons. The van der Waals surface area contributed by atoms with Crippen LogP contribution >= 0.6 is 0 Å². The first-order valence-electron chi connectivity index (χ1n) is 7.02. The largest absolute Gasteiger partial charge is 0.299 e. The molecule has 0 saturated carbocycles. The second kappa shape index (κ2) is 6.46. The number of benzene rings is 1. The molecule has 4 nitrogen and oxygen atoms in total. The smallest absolute Gasteiger partial charge is 0.140 e. The summed E-state index contributed by atoms with van der Waals surface area (Å²) in [6, 6.07) is 8.56. The summed E-state index contributed by atoms with van der Waals surface area (Å²) in [6.45, 7) is 6.14. The van der Waals surface area contributed by atoms with Crippen molar-refractivity contribution in [3.63, 3.8) is 0 Å². The van der Waals surface area contributed by atoms with Crippen LogP contribution in [0, 0.1) is 6.92 Å². The molecule has 0 bridgehead atoms. The van der Waals surface area contributed by atoms with Crippen LogP contribution in [0.4, 0.5) is 0 Å². The number of carbonyl (C=O) groups excluding carboxylic acids is 1. The Balaban J connectivity index is 1.89. The van der Waals surface area contributed by atoms with Gasteiger partial charge in [0.15, 0.2) is 0 Å². The van der Waals surface area contributed by atoms with Gasteiger partial charge in [-0.15, -0.1) is 0 Å². The Morgan fingerprint density at radius 1 is 1.25 bits per heavy atom. The molecule has 0 spiro atoms. The molecule has 0 N–H and O–H groups in total. The van der Waals surface area contributed by atoms with Crippen LogP contribution in [0.25, 0.3) is 0 Å². The highest BCUT2D eigenvalue weighted by Gasteiger charge is 2.12. The van der Waals surface area contributed by atoms with Gasteiger partial charge in [-0.3, -0.25) is 4.79 Å². The third kappa shape index (κ3) is 3.76. The van der Waals surface area contributed by atoms with Gasteiger partial charge in [0.05, 0.1) is 6.42 Å². The van der Waals surface area contributed by atoms with Gasteiger partial charge in [0.1, 0.15) is 17.9 Å². The van der Waals surface area contributed by atoms with Crippen molar-refractivity contribution < 1.29 is 4.79 Å². The Labute approximate surface area is 119 Å². The van der Waals surface area contributed by atoms with E-state index in [9.17, 15) is 4.79 Å². The minimum Gasteiger partial charge on any atom is -0.299 e. The molecule has 0 saturated heterocycles. The number of hydrogen-bond donors (Lipinski definition) is 0. The molecule has 2 aromatic rings. The first-order chi connectivity index (χ1) is 9.56. The van der Waals surface area contributed by atoms with Gasteiger partial charge in [-0.2, -0.15) is 5.10 Å². The molecular formula is C16H21N3O. The summed E-state index contributed by atoms with van der Waals surface area (Å²) in [4.78, 5) is 16.2. The van der Waals surface area contributed by atoms with Gasteiger partial charge < -0.3 is 0 Å². The Morgan fingerprint density at radius 3 is 2.60 bits per heavy atom. The number of rotatable bonds is 6. The number of nitrogens with zero attached hydrogens (tertiary/aromatic N) is 3. The van der Waals surface area contributed by atoms with Gasteiger partial charge in [-0.1, -0.05) is 29.8 Å². The van der Waals surface area contributed by atoms with Crippen LogP contribution in [0.3, 0.4) is 0 Å². The fourth-order valence-corrected chi connectivity index (χ4v) is 2.14. The number of Topliss-reactive ketones (excluding diaryl/α,β-unsaturated/α-hetero) is 1. The molecule has 2 rings (SSSR count). The fraction of sp³-hybridized carbons (Fsp3) is 0.438. The molecule has 1 heterocycles. The van der Waals surface area contributed by atoms with Crippen molar-refractivity contribution in [2.45, 2.75) is 46.1 Å². The maximum absolute atomic E-state index is 12.0. The second-order valence-corrected chi connectivity index (χ2v) is 5.42. The zero-order valence-electron chi connectivity index (χ0n) is 12.3. The lowest BCUT2D eigenvalue weighted by Crippen LogP contribution is -2.13. The van der Waals surface area contributed by atoms with E-state index in [1.54, 1.807) is 0 Å². The van der Waals surface area contributed by atoms with Crippen molar-refractivity contribution >= 4 is 5.78 Å². The van der Waals surface area contributed by atoms with Crippen LogP contribution < -0.4 is 0 Å². The average molecular weight is 271 g/mol. The quantitative estimate of drug-likeness (QED) is 0.811. The summed E-state index contributed by atoms with van der Waals surface area (Å²) in [5, 5.41) is 4.15. The topological polar surface area (TPSA) is 47.8 Å². The minimum absolute atomic E-state index is 0.209. The predicted octanol–water partition coefficient (Wildman–Crippen LogP) is 2.91. The first-order valence-corrected chi connectivity index (χ1v) is 7.02. The van der Waals surface area contributed by atoms with E-state index >= 15 is 0 Å². The maximum Gasteiger partial charge on any atom is 0.140 e. The van der Waals surface area contributed by atoms with Gasteiger partial charge in [0, 0.05) is 12.5 Å². The Morgan fingerprint density at radius 2 is 1.95 bits per heavy atom. The number of aromatic nitrogens is 3. The summed E-state index contributed by atoms with van der Waals surface area (Å²) in [6.07, 6.45) is 3.22. The zero-order chi connectivity index (χ0) is 14.5. The van der Waals surface area contributed by atoms with E-state index in [0.717, 1.165) is 12.2 Å². The normalized spacial score (nSPS) is 11.0. The van der Waals surface area contributed by atoms with Crippen molar-refractivity contribution in [1.29, 1.82) is 0 Å². The van der Waals surface area contributed by atoms with Gasteiger partial charge in [0.25, 0.3) is 0 Å². The molecule has 1 aromatic heterocycles. The molecule has 0 aliphatic rings. The Hall–Kier alpha value is -1.97. The van der Waals surface area contributed by atoms with Crippen molar-refractivity contribution in [2.24, 2.45) is 0 Å². The summed E-state index contributed by atoms with van der Waals surface area (Å²) >= 11 is 0. The second-order valence-electron chi connectivity index (χ2n) is 5.42. The van der Waals surface area contributed by atoms with Crippen molar-refractivity contribution in [2.75, 3.05) is 0 Å². The Bertz CT molecular complexity index is 570. The van der Waals surface area contributed by atoms with Gasteiger partial charge in [0.2, 0.25) is 0 Å². The van der Waals surface area contributed by atoms with Crippen LogP contribution in [0.5, 0.6) is 0 Å². The van der Waals surface area contributed by atoms with E-state index in [1.807, 2.05) is 18.5 Å². The fourth-order valence-electron chi connectivity index (χ4n) is 2.14. The first kappa shape index (κ1) is 14.4. The summed E-state index contributed by atoms with van der Waals surface area (Å²) < 4.78 is 1.81. The monoisotopic (exact) mass is 271 g/mol. The van der Waals surface area contributed by atoms with Crippen molar-refractivity contribution in [3.05, 3.63) is 47.5 Å². The van der Waals surface area contributed by atoms with Crippen LogP contribution in [0.2, 0.25) is 0 Å². The SMILES string of the molecule is Cc1ccc(CCC(=O)Cc2ncnn2C(C)C)cc1. The standard InChI is InChI=1S/C16H21N3O/c1-12(2)19-16(17-11-18-19)10-15(20)9-8-14-6-4-13(3)5-7-14/h4-7,11-12H,8-10H2,1-3H3. The lowest BCUT2D eigenvalue weighted by molar-refractivity contribution is -0.118. The van der Waals surface area contributed by atoms with E-state index in [-0.39, 0.29) is 11.8 Å². The molecule has 1 aromatic carbocycles. The third-order valence-electron chi connectivity index (χ3n) is 3.30. The van der Waals surface area contributed by atoms with E-state index in [1.165, 1.54) is 17.5 Å². The molecule has 0 aliphatic heterocycles. The number of ketones is 1. The molecule has 0 aliphatic carbocycles. The molecule has 4 heteroatoms. The van der Waals surface area contributed by atoms with E-state index in [0.29, 0.717) is 12.8 Å². The van der Waals surface area contributed by atoms with E-state index in [4.69, 9.17) is 0 Å². The minimum atomic E-state index is 0.209. The van der Waals surface area contributed by atoms with Crippen LogP contribution in [-0.4, -0.2) is 20.5 Å². The van der Waals surface area contributed by atoms with Crippen molar-refractivity contribution in [3.8, 4) is 0 Å². The van der Waals surface area contributed by atoms with Crippen molar-refractivity contribution in [1.82, 2.24) is 14.8 Å². The summed E-state index contributed by atoms with van der Waals surface area (Å²) in [5.74, 6) is 0.967. The van der Waals surface area contributed by atoms with E-state index in [2.05, 4.69) is 41.3 Å². The number of hydrogen-bond acceptors (Lipinski definition) is 3. The molecule has 0 fully saturated rings. The van der Waals surface area contributed by atoms with Crippen LogP contribution in [-0.2, 0) is 17.6 Å². The number of aryl methyl sites for hydroxylation is 2. The predicted molar refractivity (Wildman–Crippen MR) is 78.6 cm³/mol. The summed E-state index contributed by atoms with van der Waals surface area (Å²) in [7, 11) is 0. The molecule has 0 atom stereocenters. The van der Waals surface area contributed by atoms with Gasteiger partial charge in [-0.25, -0.2) is 9.67 Å². The highest BCUT2D eigenvalue weighted by atomic mass is 16.1. The number of carbonyl (C=O) groups is 1. The molecule has 0 amide bonds. The maximum atomic E-state index is 12.0. The average Bonchev–Trinajstić information content (AvgIpc) is 2.86. The lowest BCUT2D eigenvalue weighted by Gasteiger charge is -2.08. The van der Waals surface area contributed by atoms with E-state index < -0.39 is 0 Å². The van der Waals surface area contributed by atoms with Crippen LogP contribution in [0.1, 0.15) is 43.3 Å². The lowest BCUT2D eigenvalue weighted by atomic mass is 10.0. The Kier molecular flexibility index (Phi) is 4.66. The van der Waals surface area contributed by atoms with Gasteiger partial charge in [-0.05, 0) is 32.8 Å². The molecule has 0 unspecified atom stereocenters. The third-order valence-corrected chi connectivity index (χ3v) is 3.30. The highest BCUT2D eigenvalue weighted by Crippen LogP contribution is 2.09. The van der Waals surface area contributed by atoms with Crippen LogP contribution in [0.15, 0.2) is 30.6 Å². The molecule has 20 heavy (non-hydrogen) atoms. The molecule has 106 valence electrons. The summed E-state index contributed by atoms with van der Waals surface area (Å²) in [5.41, 5.74) is 2.44. The molecular weight excluding hydrogens is 250 g/mol. The van der Waals surface area contributed by atoms with Gasteiger partial charge >= 0.3 is 0 Å². The highest BCUT2D eigenvalue weighted by molar-refractivity contribution is 5.80.